The molecule has 1 amide bonds. The van der Waals surface area contributed by atoms with Gasteiger partial charge in [0.25, 0.3) is 0 Å². The summed E-state index contributed by atoms with van der Waals surface area (Å²) < 4.78 is 4.47. The molecule has 0 heterocycles. The lowest BCUT2D eigenvalue weighted by Gasteiger charge is -2.39. The van der Waals surface area contributed by atoms with Crippen LogP contribution in [0.3, 0.4) is 0 Å². The van der Waals surface area contributed by atoms with E-state index in [1.54, 1.807) is 0 Å². The predicted molar refractivity (Wildman–Crippen MR) is 61.1 cm³/mol. The standard InChI is InChI=1S/C13H19NO3/c1-17-12(16)11(15)14-13-5-8-2-3-9(6-13)10(4-8)7-13/h8-10H,2-7H2,1H3,(H,14,15). The molecular formula is C13H19NO3. The first kappa shape index (κ1) is 11.1. The Hall–Kier alpha value is -1.06. The Morgan fingerprint density at radius 2 is 1.94 bits per heavy atom. The van der Waals surface area contributed by atoms with Crippen molar-refractivity contribution in [1.82, 2.24) is 5.32 Å². The fourth-order valence-corrected chi connectivity index (χ4v) is 4.47. The van der Waals surface area contributed by atoms with Crippen LogP contribution in [0.5, 0.6) is 0 Å². The highest BCUT2D eigenvalue weighted by molar-refractivity contribution is 6.32. The van der Waals surface area contributed by atoms with Gasteiger partial charge in [-0.3, -0.25) is 4.79 Å². The minimum atomic E-state index is -0.763. The van der Waals surface area contributed by atoms with Crippen LogP contribution >= 0.6 is 0 Å². The van der Waals surface area contributed by atoms with Crippen molar-refractivity contribution in [3.05, 3.63) is 0 Å². The average molecular weight is 237 g/mol. The van der Waals surface area contributed by atoms with E-state index in [1.165, 1.54) is 26.4 Å². The van der Waals surface area contributed by atoms with Crippen LogP contribution in [0, 0.1) is 17.8 Å². The number of methoxy groups -OCH3 is 1. The van der Waals surface area contributed by atoms with Gasteiger partial charge in [0.1, 0.15) is 0 Å². The molecule has 3 rings (SSSR count). The van der Waals surface area contributed by atoms with E-state index in [4.69, 9.17) is 0 Å². The third-order valence-electron chi connectivity index (χ3n) is 4.98. The average Bonchev–Trinajstić information content (AvgIpc) is 2.47. The summed E-state index contributed by atoms with van der Waals surface area (Å²) in [7, 11) is 1.25. The Kier molecular flexibility index (Phi) is 2.42. The molecular weight excluding hydrogens is 218 g/mol. The van der Waals surface area contributed by atoms with E-state index in [2.05, 4.69) is 10.1 Å². The van der Waals surface area contributed by atoms with Crippen LogP contribution in [-0.2, 0) is 14.3 Å². The van der Waals surface area contributed by atoms with E-state index in [0.717, 1.165) is 37.0 Å². The van der Waals surface area contributed by atoms with Crippen LogP contribution in [0.25, 0.3) is 0 Å². The molecule has 4 nitrogen and oxygen atoms in total. The first-order chi connectivity index (χ1) is 8.12. The highest BCUT2D eigenvalue weighted by Gasteiger charge is 2.53. The Morgan fingerprint density at radius 3 is 2.71 bits per heavy atom. The van der Waals surface area contributed by atoms with Crippen molar-refractivity contribution in [2.45, 2.75) is 44.1 Å². The van der Waals surface area contributed by atoms with Gasteiger partial charge in [-0.25, -0.2) is 4.79 Å². The molecule has 1 N–H and O–H groups in total. The molecule has 3 saturated carbocycles. The Bertz CT molecular complexity index is 364. The van der Waals surface area contributed by atoms with Crippen LogP contribution < -0.4 is 5.32 Å². The summed E-state index contributed by atoms with van der Waals surface area (Å²) in [5.74, 6) is 0.979. The number of rotatable bonds is 1. The van der Waals surface area contributed by atoms with Crippen LogP contribution in [-0.4, -0.2) is 24.5 Å². The van der Waals surface area contributed by atoms with Gasteiger partial charge >= 0.3 is 11.9 Å². The van der Waals surface area contributed by atoms with Crippen LogP contribution in [0.1, 0.15) is 38.5 Å². The summed E-state index contributed by atoms with van der Waals surface area (Å²) in [5, 5.41) is 2.96. The Morgan fingerprint density at radius 1 is 1.18 bits per heavy atom. The summed E-state index contributed by atoms with van der Waals surface area (Å²) in [6.45, 7) is 0. The molecule has 3 fully saturated rings. The van der Waals surface area contributed by atoms with Crippen LogP contribution in [0.2, 0.25) is 0 Å². The molecule has 0 aromatic carbocycles. The lowest BCUT2D eigenvalue weighted by Crippen LogP contribution is -2.51. The number of ether oxygens (including phenoxy) is 1. The second kappa shape index (κ2) is 3.72. The Balaban J connectivity index is 1.75. The summed E-state index contributed by atoms with van der Waals surface area (Å²) in [5.41, 5.74) is -0.0972. The maximum absolute atomic E-state index is 11.7. The zero-order valence-electron chi connectivity index (χ0n) is 10.2. The number of hydrogen-bond acceptors (Lipinski definition) is 3. The molecule has 3 bridgehead atoms. The van der Waals surface area contributed by atoms with E-state index in [-0.39, 0.29) is 5.54 Å². The summed E-state index contributed by atoms with van der Waals surface area (Å²) in [6.07, 6.45) is 7.14. The van der Waals surface area contributed by atoms with Crippen molar-refractivity contribution >= 4 is 11.9 Å². The number of nitrogens with one attached hydrogen (secondary N) is 1. The summed E-state index contributed by atoms with van der Waals surface area (Å²) in [4.78, 5) is 22.9. The van der Waals surface area contributed by atoms with E-state index in [9.17, 15) is 9.59 Å². The summed E-state index contributed by atoms with van der Waals surface area (Å²) in [6, 6.07) is 0. The van der Waals surface area contributed by atoms with Gasteiger partial charge in [-0.05, 0) is 49.9 Å². The second-order valence-electron chi connectivity index (χ2n) is 6.04. The first-order valence-electron chi connectivity index (χ1n) is 6.52. The monoisotopic (exact) mass is 237 g/mol. The van der Waals surface area contributed by atoms with Gasteiger partial charge in [0.2, 0.25) is 0 Å². The largest absolute Gasteiger partial charge is 0.462 e. The molecule has 4 heteroatoms. The van der Waals surface area contributed by atoms with Crippen molar-refractivity contribution in [3.63, 3.8) is 0 Å². The molecule has 0 spiro atoms. The first-order valence-corrected chi connectivity index (χ1v) is 6.52. The highest BCUT2D eigenvalue weighted by atomic mass is 16.5. The zero-order chi connectivity index (χ0) is 12.0. The number of esters is 1. The van der Waals surface area contributed by atoms with Crippen molar-refractivity contribution < 1.29 is 14.3 Å². The van der Waals surface area contributed by atoms with E-state index >= 15 is 0 Å². The Labute approximate surface area is 101 Å². The lowest BCUT2D eigenvalue weighted by molar-refractivity contribution is -0.153. The maximum Gasteiger partial charge on any atom is 0.396 e. The molecule has 94 valence electrons. The van der Waals surface area contributed by atoms with E-state index in [0.29, 0.717) is 0 Å². The number of carbonyl (C=O) groups excluding carboxylic acids is 2. The van der Waals surface area contributed by atoms with Gasteiger partial charge in [0.05, 0.1) is 7.11 Å². The van der Waals surface area contributed by atoms with Crippen molar-refractivity contribution in [2.24, 2.45) is 17.8 Å². The number of amides is 1. The van der Waals surface area contributed by atoms with Crippen molar-refractivity contribution in [3.8, 4) is 0 Å². The number of fused-ring (bicyclic) bond motifs is 2. The van der Waals surface area contributed by atoms with Gasteiger partial charge in [-0.1, -0.05) is 6.42 Å². The van der Waals surface area contributed by atoms with Gasteiger partial charge in [-0.15, -0.1) is 0 Å². The molecule has 4 unspecified atom stereocenters. The molecule has 0 saturated heterocycles. The summed E-state index contributed by atoms with van der Waals surface area (Å²) >= 11 is 0. The van der Waals surface area contributed by atoms with E-state index in [1.807, 2.05) is 0 Å². The van der Waals surface area contributed by atoms with Gasteiger partial charge < -0.3 is 10.1 Å². The second-order valence-corrected chi connectivity index (χ2v) is 6.04. The maximum atomic E-state index is 11.7. The van der Waals surface area contributed by atoms with Gasteiger partial charge in [0.15, 0.2) is 0 Å². The van der Waals surface area contributed by atoms with Gasteiger partial charge in [0, 0.05) is 5.54 Å². The fraction of sp³-hybridized carbons (Fsp3) is 0.846. The molecule has 0 radical (unpaired) electrons. The van der Waals surface area contributed by atoms with Crippen LogP contribution in [0.4, 0.5) is 0 Å². The minimum Gasteiger partial charge on any atom is -0.462 e. The molecule has 17 heavy (non-hydrogen) atoms. The predicted octanol–water partition coefficient (Wildman–Crippen LogP) is 1.24. The zero-order valence-corrected chi connectivity index (χ0v) is 10.2. The number of carbonyl (C=O) groups is 2. The molecule has 0 aromatic rings. The van der Waals surface area contributed by atoms with Crippen molar-refractivity contribution in [1.29, 1.82) is 0 Å². The fourth-order valence-electron chi connectivity index (χ4n) is 4.47. The smallest absolute Gasteiger partial charge is 0.396 e. The molecule has 3 aliphatic carbocycles. The molecule has 4 atom stereocenters. The highest BCUT2D eigenvalue weighted by Crippen LogP contribution is 2.56. The normalized spacial score (nSPS) is 42.3. The quantitative estimate of drug-likeness (QED) is 0.551. The molecule has 0 aliphatic heterocycles. The molecule has 3 aliphatic rings. The van der Waals surface area contributed by atoms with Gasteiger partial charge in [-0.2, -0.15) is 0 Å². The van der Waals surface area contributed by atoms with Crippen LogP contribution in [0.15, 0.2) is 0 Å². The minimum absolute atomic E-state index is 0.0972. The van der Waals surface area contributed by atoms with Crippen molar-refractivity contribution in [2.75, 3.05) is 7.11 Å². The SMILES string of the molecule is COC(=O)C(=O)NC12CC3CCC(C1)C(C3)C2. The lowest BCUT2D eigenvalue weighted by atomic mass is 9.70. The third-order valence-corrected chi connectivity index (χ3v) is 4.98. The third kappa shape index (κ3) is 1.74. The molecule has 0 aromatic heterocycles. The topological polar surface area (TPSA) is 55.4 Å². The number of hydrogen-bond donors (Lipinski definition) is 1. The van der Waals surface area contributed by atoms with E-state index < -0.39 is 11.9 Å².